The highest BCUT2D eigenvalue weighted by atomic mass is 35.5. The molecular formula is C12H23ClF2N2O2. The minimum atomic E-state index is -2.79. The third-order valence-corrected chi connectivity index (χ3v) is 3.02. The van der Waals surface area contributed by atoms with Crippen LogP contribution in [-0.4, -0.2) is 42.2 Å². The van der Waals surface area contributed by atoms with Crippen LogP contribution < -0.4 is 10.6 Å². The van der Waals surface area contributed by atoms with E-state index in [9.17, 15) is 18.7 Å². The quantitative estimate of drug-likeness (QED) is 0.717. The molecule has 1 aliphatic heterocycles. The van der Waals surface area contributed by atoms with Gasteiger partial charge in [-0.05, 0) is 18.8 Å². The second-order valence-corrected chi connectivity index (χ2v) is 5.93. The van der Waals surface area contributed by atoms with Crippen LogP contribution >= 0.6 is 12.4 Å². The minimum Gasteiger partial charge on any atom is -0.393 e. The van der Waals surface area contributed by atoms with Gasteiger partial charge in [-0.3, -0.25) is 10.1 Å². The SMILES string of the molecule is CC(O)CC(C)(C)CNC(=O)C1CC(F)(F)CN1.Cl. The Morgan fingerprint density at radius 1 is 1.58 bits per heavy atom. The Hall–Kier alpha value is -0.460. The summed E-state index contributed by atoms with van der Waals surface area (Å²) in [4.78, 5) is 11.7. The molecule has 0 aromatic rings. The van der Waals surface area contributed by atoms with Crippen LogP contribution in [0.15, 0.2) is 0 Å². The lowest BCUT2D eigenvalue weighted by molar-refractivity contribution is -0.124. The zero-order chi connectivity index (χ0) is 14.0. The van der Waals surface area contributed by atoms with Gasteiger partial charge in [0.2, 0.25) is 5.91 Å². The van der Waals surface area contributed by atoms with Gasteiger partial charge in [0.25, 0.3) is 5.92 Å². The molecule has 2 unspecified atom stereocenters. The Morgan fingerprint density at radius 3 is 2.58 bits per heavy atom. The van der Waals surface area contributed by atoms with E-state index in [0.717, 1.165) is 0 Å². The number of hydrogen-bond acceptors (Lipinski definition) is 3. The molecule has 7 heteroatoms. The molecule has 0 aromatic heterocycles. The van der Waals surface area contributed by atoms with Gasteiger partial charge in [-0.15, -0.1) is 12.4 Å². The molecule has 3 N–H and O–H groups in total. The van der Waals surface area contributed by atoms with Crippen molar-refractivity contribution in [1.29, 1.82) is 0 Å². The molecule has 1 fully saturated rings. The van der Waals surface area contributed by atoms with Crippen molar-refractivity contribution in [1.82, 2.24) is 10.6 Å². The van der Waals surface area contributed by atoms with E-state index in [0.29, 0.717) is 13.0 Å². The molecule has 0 saturated carbocycles. The van der Waals surface area contributed by atoms with Crippen LogP contribution in [0.4, 0.5) is 8.78 Å². The molecule has 1 saturated heterocycles. The molecule has 1 heterocycles. The number of hydrogen-bond donors (Lipinski definition) is 3. The van der Waals surface area contributed by atoms with Gasteiger partial charge in [0, 0.05) is 13.0 Å². The Morgan fingerprint density at radius 2 is 2.16 bits per heavy atom. The molecule has 1 amide bonds. The first-order valence-electron chi connectivity index (χ1n) is 6.18. The van der Waals surface area contributed by atoms with Gasteiger partial charge < -0.3 is 10.4 Å². The highest BCUT2D eigenvalue weighted by Crippen LogP contribution is 2.25. The van der Waals surface area contributed by atoms with Gasteiger partial charge in [-0.25, -0.2) is 8.78 Å². The first-order chi connectivity index (χ1) is 8.11. The monoisotopic (exact) mass is 300 g/mol. The number of carbonyl (C=O) groups is 1. The molecule has 114 valence electrons. The standard InChI is InChI=1S/C12H22F2N2O2.ClH/c1-8(17)4-11(2,3)6-16-10(18)9-5-12(13,14)7-15-9;/h8-9,15,17H,4-7H2,1-3H3,(H,16,18);1H. The van der Waals surface area contributed by atoms with Crippen molar-refractivity contribution in [3.8, 4) is 0 Å². The fourth-order valence-corrected chi connectivity index (χ4v) is 2.22. The molecule has 2 atom stereocenters. The maximum absolute atomic E-state index is 12.9. The van der Waals surface area contributed by atoms with Crippen LogP contribution in [0, 0.1) is 5.41 Å². The number of rotatable bonds is 5. The summed E-state index contributed by atoms with van der Waals surface area (Å²) in [6.45, 7) is 5.43. The van der Waals surface area contributed by atoms with E-state index in [2.05, 4.69) is 10.6 Å². The van der Waals surface area contributed by atoms with Gasteiger partial charge in [0.1, 0.15) is 0 Å². The van der Waals surface area contributed by atoms with E-state index < -0.39 is 36.9 Å². The highest BCUT2D eigenvalue weighted by molar-refractivity contribution is 5.85. The summed E-state index contributed by atoms with van der Waals surface area (Å²) in [6.07, 6.45) is -0.358. The third-order valence-electron chi connectivity index (χ3n) is 3.02. The van der Waals surface area contributed by atoms with E-state index in [4.69, 9.17) is 0 Å². The van der Waals surface area contributed by atoms with Crippen LogP contribution in [0.2, 0.25) is 0 Å². The normalized spacial score (nSPS) is 23.6. The van der Waals surface area contributed by atoms with Gasteiger partial charge in [0.05, 0.1) is 18.7 Å². The zero-order valence-corrected chi connectivity index (χ0v) is 12.3. The van der Waals surface area contributed by atoms with E-state index in [1.165, 1.54) is 0 Å². The lowest BCUT2D eigenvalue weighted by atomic mass is 9.87. The fourth-order valence-electron chi connectivity index (χ4n) is 2.22. The minimum absolute atomic E-state index is 0. The molecule has 1 rings (SSSR count). The number of halogens is 3. The highest BCUT2D eigenvalue weighted by Gasteiger charge is 2.42. The van der Waals surface area contributed by atoms with Gasteiger partial charge in [0.15, 0.2) is 0 Å². The topological polar surface area (TPSA) is 61.4 Å². The van der Waals surface area contributed by atoms with Crippen LogP contribution in [0.1, 0.15) is 33.6 Å². The molecule has 19 heavy (non-hydrogen) atoms. The third kappa shape index (κ3) is 6.49. The largest absolute Gasteiger partial charge is 0.393 e. The van der Waals surface area contributed by atoms with E-state index in [1.54, 1.807) is 6.92 Å². The van der Waals surface area contributed by atoms with Crippen molar-refractivity contribution < 1.29 is 18.7 Å². The predicted molar refractivity (Wildman–Crippen MR) is 71.7 cm³/mol. The summed E-state index contributed by atoms with van der Waals surface area (Å²) in [5.74, 6) is -3.19. The molecule has 0 spiro atoms. The van der Waals surface area contributed by atoms with Gasteiger partial charge >= 0.3 is 0 Å². The number of aliphatic hydroxyl groups excluding tert-OH is 1. The van der Waals surface area contributed by atoms with Gasteiger partial charge in [-0.1, -0.05) is 13.8 Å². The number of nitrogens with one attached hydrogen (secondary N) is 2. The average Bonchev–Trinajstić information content (AvgIpc) is 2.53. The lowest BCUT2D eigenvalue weighted by Crippen LogP contribution is -2.44. The maximum Gasteiger partial charge on any atom is 0.262 e. The number of amides is 1. The maximum atomic E-state index is 12.9. The van der Waals surface area contributed by atoms with E-state index in [-0.39, 0.29) is 17.8 Å². The second kappa shape index (κ2) is 6.81. The number of alkyl halides is 2. The molecule has 4 nitrogen and oxygen atoms in total. The van der Waals surface area contributed by atoms with Gasteiger partial charge in [-0.2, -0.15) is 0 Å². The number of carbonyl (C=O) groups excluding carboxylic acids is 1. The first kappa shape index (κ1) is 18.5. The molecule has 0 aliphatic carbocycles. The Balaban J connectivity index is 0.00000324. The average molecular weight is 301 g/mol. The number of aliphatic hydroxyl groups is 1. The van der Waals surface area contributed by atoms with Crippen molar-refractivity contribution in [3.05, 3.63) is 0 Å². The van der Waals surface area contributed by atoms with Crippen molar-refractivity contribution in [2.24, 2.45) is 5.41 Å². The molecule has 1 aliphatic rings. The van der Waals surface area contributed by atoms with Crippen LogP contribution in [-0.2, 0) is 4.79 Å². The molecule has 0 bridgehead atoms. The smallest absolute Gasteiger partial charge is 0.262 e. The lowest BCUT2D eigenvalue weighted by Gasteiger charge is -2.27. The second-order valence-electron chi connectivity index (χ2n) is 5.93. The summed E-state index contributed by atoms with van der Waals surface area (Å²) in [5.41, 5.74) is -0.259. The summed E-state index contributed by atoms with van der Waals surface area (Å²) < 4.78 is 25.9. The molecule has 0 radical (unpaired) electrons. The van der Waals surface area contributed by atoms with Crippen LogP contribution in [0.3, 0.4) is 0 Å². The summed E-state index contributed by atoms with van der Waals surface area (Å²) in [5, 5.41) is 14.5. The van der Waals surface area contributed by atoms with Crippen molar-refractivity contribution >= 4 is 18.3 Å². The summed E-state index contributed by atoms with van der Waals surface area (Å²) >= 11 is 0. The van der Waals surface area contributed by atoms with Crippen LogP contribution in [0.5, 0.6) is 0 Å². The van der Waals surface area contributed by atoms with E-state index in [1.807, 2.05) is 13.8 Å². The van der Waals surface area contributed by atoms with Crippen LogP contribution in [0.25, 0.3) is 0 Å². The molecule has 0 aromatic carbocycles. The van der Waals surface area contributed by atoms with E-state index >= 15 is 0 Å². The Labute approximate surface area is 118 Å². The predicted octanol–water partition coefficient (Wildman–Crippen LogP) is 1.32. The fraction of sp³-hybridized carbons (Fsp3) is 0.917. The first-order valence-corrected chi connectivity index (χ1v) is 6.18. The molecular weight excluding hydrogens is 278 g/mol. The van der Waals surface area contributed by atoms with Crippen molar-refractivity contribution in [3.63, 3.8) is 0 Å². The Kier molecular flexibility index (Phi) is 6.65. The Bertz CT molecular complexity index is 312. The summed E-state index contributed by atoms with van der Waals surface area (Å²) in [7, 11) is 0. The van der Waals surface area contributed by atoms with Crippen molar-refractivity contribution in [2.75, 3.05) is 13.1 Å². The summed E-state index contributed by atoms with van der Waals surface area (Å²) in [6, 6.07) is -0.817. The zero-order valence-electron chi connectivity index (χ0n) is 11.5. The van der Waals surface area contributed by atoms with Crippen molar-refractivity contribution in [2.45, 2.75) is 51.7 Å².